The number of halogens is 1. The molecule has 174 valence electrons. The molecule has 4 aromatic rings. The predicted molar refractivity (Wildman–Crippen MR) is 130 cm³/mol. The molecule has 0 radical (unpaired) electrons. The van der Waals surface area contributed by atoms with Gasteiger partial charge in [0.1, 0.15) is 11.6 Å². The van der Waals surface area contributed by atoms with Gasteiger partial charge < -0.3 is 20.7 Å². The van der Waals surface area contributed by atoms with Crippen LogP contribution in [0.2, 0.25) is 0 Å². The number of anilines is 3. The van der Waals surface area contributed by atoms with Crippen molar-refractivity contribution in [3.63, 3.8) is 0 Å². The van der Waals surface area contributed by atoms with Crippen molar-refractivity contribution in [2.24, 2.45) is 0 Å². The first kappa shape index (κ1) is 21.8. The Balaban J connectivity index is 1.57. The molecule has 0 saturated heterocycles. The van der Waals surface area contributed by atoms with E-state index in [0.717, 1.165) is 25.2 Å². The molecule has 3 N–H and O–H groups in total. The number of pyridine rings is 1. The van der Waals surface area contributed by atoms with E-state index in [1.807, 2.05) is 12.1 Å². The number of nitrogens with two attached hydrogens (primary N) is 1. The fraction of sp³-hybridized carbons (Fsp3) is 0.240. The monoisotopic (exact) mass is 460 g/mol. The molecule has 34 heavy (non-hydrogen) atoms. The van der Waals surface area contributed by atoms with Crippen LogP contribution in [0.4, 0.5) is 21.7 Å². The Hall–Kier alpha value is -3.98. The molecule has 3 heterocycles. The molecule has 9 heteroatoms. The largest absolute Gasteiger partial charge is 0.495 e. The summed E-state index contributed by atoms with van der Waals surface area (Å²) in [6, 6.07) is 11.7. The Morgan fingerprint density at radius 1 is 1.21 bits per heavy atom. The summed E-state index contributed by atoms with van der Waals surface area (Å²) in [5.41, 5.74) is 9.86. The number of ether oxygens (including phenoxy) is 1. The summed E-state index contributed by atoms with van der Waals surface area (Å²) in [5.74, 6) is 0.570. The van der Waals surface area contributed by atoms with E-state index >= 15 is 0 Å². The first-order valence-corrected chi connectivity index (χ1v) is 11.0. The summed E-state index contributed by atoms with van der Waals surface area (Å²) < 4.78 is 21.3. The number of aromatic nitrogens is 3. The van der Waals surface area contributed by atoms with Crippen molar-refractivity contribution in [3.05, 3.63) is 81.5 Å². The molecule has 1 aliphatic rings. The topological polar surface area (TPSA) is 98.3 Å². The van der Waals surface area contributed by atoms with Gasteiger partial charge in [-0.3, -0.25) is 9.36 Å². The second kappa shape index (κ2) is 8.75. The molecule has 0 aliphatic carbocycles. The van der Waals surface area contributed by atoms with Gasteiger partial charge in [0.25, 0.3) is 5.56 Å². The van der Waals surface area contributed by atoms with Crippen LogP contribution in [-0.4, -0.2) is 40.1 Å². The van der Waals surface area contributed by atoms with E-state index in [9.17, 15) is 9.18 Å². The molecule has 0 bridgehead atoms. The predicted octanol–water partition coefficient (Wildman–Crippen LogP) is 3.30. The molecule has 2 aromatic carbocycles. The highest BCUT2D eigenvalue weighted by atomic mass is 19.1. The minimum absolute atomic E-state index is 0.0211. The van der Waals surface area contributed by atoms with E-state index in [4.69, 9.17) is 10.5 Å². The summed E-state index contributed by atoms with van der Waals surface area (Å²) in [6.07, 6.45) is 2.52. The summed E-state index contributed by atoms with van der Waals surface area (Å²) >= 11 is 0. The Kier molecular flexibility index (Phi) is 5.62. The molecule has 0 spiro atoms. The van der Waals surface area contributed by atoms with Crippen LogP contribution >= 0.6 is 0 Å². The third-order valence-electron chi connectivity index (χ3n) is 6.14. The van der Waals surface area contributed by atoms with Crippen LogP contribution in [0.15, 0.2) is 53.5 Å². The van der Waals surface area contributed by atoms with Crippen LogP contribution < -0.4 is 21.3 Å². The number of nitrogen functional groups attached to an aromatic ring is 1. The van der Waals surface area contributed by atoms with Gasteiger partial charge in [0.2, 0.25) is 5.95 Å². The van der Waals surface area contributed by atoms with Gasteiger partial charge in [0.05, 0.1) is 24.7 Å². The lowest BCUT2D eigenvalue weighted by molar-refractivity contribution is 0.312. The zero-order valence-electron chi connectivity index (χ0n) is 19.0. The summed E-state index contributed by atoms with van der Waals surface area (Å²) in [4.78, 5) is 24.0. The second-order valence-electron chi connectivity index (χ2n) is 8.48. The number of hydrogen-bond acceptors (Lipinski definition) is 7. The fourth-order valence-corrected chi connectivity index (χ4v) is 4.30. The van der Waals surface area contributed by atoms with Crippen LogP contribution in [-0.2, 0) is 19.5 Å². The van der Waals surface area contributed by atoms with Gasteiger partial charge in [0.15, 0.2) is 5.65 Å². The lowest BCUT2D eigenvalue weighted by Crippen LogP contribution is -2.26. The Labute approximate surface area is 195 Å². The average molecular weight is 461 g/mol. The van der Waals surface area contributed by atoms with Crippen molar-refractivity contribution in [1.29, 1.82) is 0 Å². The van der Waals surface area contributed by atoms with E-state index in [0.29, 0.717) is 22.3 Å². The van der Waals surface area contributed by atoms with Crippen LogP contribution in [0.1, 0.15) is 16.7 Å². The van der Waals surface area contributed by atoms with E-state index in [1.54, 1.807) is 31.5 Å². The van der Waals surface area contributed by atoms with Gasteiger partial charge in [-0.1, -0.05) is 18.2 Å². The zero-order valence-corrected chi connectivity index (χ0v) is 19.0. The van der Waals surface area contributed by atoms with Crippen molar-refractivity contribution in [2.75, 3.05) is 31.8 Å². The number of nitrogens with one attached hydrogen (secondary N) is 1. The van der Waals surface area contributed by atoms with E-state index in [2.05, 4.69) is 27.2 Å². The van der Waals surface area contributed by atoms with E-state index in [1.165, 1.54) is 27.8 Å². The maximum Gasteiger partial charge on any atom is 0.254 e. The summed E-state index contributed by atoms with van der Waals surface area (Å²) in [6.45, 7) is 1.86. The van der Waals surface area contributed by atoms with E-state index < -0.39 is 5.82 Å². The molecule has 0 fully saturated rings. The van der Waals surface area contributed by atoms with Gasteiger partial charge >= 0.3 is 0 Å². The number of fused-ring (bicyclic) bond motifs is 2. The third-order valence-corrected chi connectivity index (χ3v) is 6.14. The first-order chi connectivity index (χ1) is 16.4. The SMILES string of the molecule is COc1cc2c(cc1Nc1ncc3c(N)cc(=O)n(Cc4ccccc4F)c3n1)CN(C)CC2. The third kappa shape index (κ3) is 4.06. The van der Waals surface area contributed by atoms with Crippen molar-refractivity contribution in [3.8, 4) is 5.75 Å². The normalized spacial score (nSPS) is 13.6. The number of nitrogens with zero attached hydrogens (tertiary/aromatic N) is 4. The number of likely N-dealkylation sites (N-methyl/N-ethyl adjacent to an activating group) is 1. The maximum absolute atomic E-state index is 14.3. The number of hydrogen-bond donors (Lipinski definition) is 2. The van der Waals surface area contributed by atoms with Gasteiger partial charge in [-0.2, -0.15) is 4.98 Å². The molecular weight excluding hydrogens is 435 g/mol. The van der Waals surface area contributed by atoms with Crippen LogP contribution in [0.3, 0.4) is 0 Å². The molecule has 0 unspecified atom stereocenters. The minimum Gasteiger partial charge on any atom is -0.495 e. The molecule has 1 aliphatic heterocycles. The standard InChI is InChI=1S/C25H25FN6O2/c1-31-8-7-15-10-22(34-2)21(9-17(15)13-31)29-25-28-12-18-20(27)11-23(33)32(24(18)30-25)14-16-5-3-4-6-19(16)26/h3-6,9-12H,7-8,13-14,27H2,1-2H3,(H,28,29,30). The van der Waals surface area contributed by atoms with Crippen LogP contribution in [0, 0.1) is 5.82 Å². The lowest BCUT2D eigenvalue weighted by Gasteiger charge is -2.26. The van der Waals surface area contributed by atoms with Crippen LogP contribution in [0.25, 0.3) is 11.0 Å². The average Bonchev–Trinajstić information content (AvgIpc) is 2.82. The molecule has 0 saturated carbocycles. The zero-order chi connectivity index (χ0) is 23.8. The fourth-order valence-electron chi connectivity index (χ4n) is 4.30. The van der Waals surface area contributed by atoms with E-state index in [-0.39, 0.29) is 23.7 Å². The highest BCUT2D eigenvalue weighted by molar-refractivity contribution is 5.88. The highest BCUT2D eigenvalue weighted by Crippen LogP contribution is 2.33. The van der Waals surface area contributed by atoms with Crippen molar-refractivity contribution in [2.45, 2.75) is 19.5 Å². The molecular formula is C25H25FN6O2. The van der Waals surface area contributed by atoms with Crippen molar-refractivity contribution >= 4 is 28.4 Å². The smallest absolute Gasteiger partial charge is 0.254 e. The molecule has 5 rings (SSSR count). The summed E-state index contributed by atoms with van der Waals surface area (Å²) in [7, 11) is 3.71. The quantitative estimate of drug-likeness (QED) is 0.472. The Bertz CT molecular complexity index is 1450. The summed E-state index contributed by atoms with van der Waals surface area (Å²) in [5, 5.41) is 3.74. The van der Waals surface area contributed by atoms with Gasteiger partial charge in [-0.05, 0) is 42.8 Å². The number of benzene rings is 2. The van der Waals surface area contributed by atoms with Crippen LogP contribution in [0.5, 0.6) is 5.75 Å². The maximum atomic E-state index is 14.3. The van der Waals surface area contributed by atoms with Crippen molar-refractivity contribution < 1.29 is 9.13 Å². The molecule has 0 amide bonds. The number of methoxy groups -OCH3 is 1. The van der Waals surface area contributed by atoms with Gasteiger partial charge in [0, 0.05) is 36.6 Å². The van der Waals surface area contributed by atoms with Gasteiger partial charge in [-0.15, -0.1) is 0 Å². The highest BCUT2D eigenvalue weighted by Gasteiger charge is 2.18. The Morgan fingerprint density at radius 2 is 2.03 bits per heavy atom. The molecule has 0 atom stereocenters. The first-order valence-electron chi connectivity index (χ1n) is 11.0. The van der Waals surface area contributed by atoms with Gasteiger partial charge in [-0.25, -0.2) is 9.37 Å². The lowest BCUT2D eigenvalue weighted by atomic mass is 9.99. The Morgan fingerprint density at radius 3 is 2.82 bits per heavy atom. The second-order valence-corrected chi connectivity index (χ2v) is 8.48. The molecule has 8 nitrogen and oxygen atoms in total. The minimum atomic E-state index is -0.393. The number of rotatable bonds is 5. The molecule has 2 aromatic heterocycles. The van der Waals surface area contributed by atoms with Crippen molar-refractivity contribution in [1.82, 2.24) is 19.4 Å².